The second-order valence-electron chi connectivity index (χ2n) is 6.68. The van der Waals surface area contributed by atoms with Gasteiger partial charge in [-0.1, -0.05) is 6.07 Å². The number of methoxy groups -OCH3 is 2. The Labute approximate surface area is 147 Å². The summed E-state index contributed by atoms with van der Waals surface area (Å²) in [6.07, 6.45) is 2.37. The molecule has 0 bridgehead atoms. The quantitative estimate of drug-likeness (QED) is 0.854. The van der Waals surface area contributed by atoms with Gasteiger partial charge in [-0.25, -0.2) is 4.79 Å². The lowest BCUT2D eigenvalue weighted by Crippen LogP contribution is -2.40. The molecule has 3 amide bonds. The van der Waals surface area contributed by atoms with E-state index < -0.39 is 0 Å². The predicted octanol–water partition coefficient (Wildman–Crippen LogP) is 1.99. The van der Waals surface area contributed by atoms with E-state index in [9.17, 15) is 9.59 Å². The number of hydrogen-bond acceptors (Lipinski definition) is 4. The molecule has 2 aliphatic rings. The van der Waals surface area contributed by atoms with Crippen LogP contribution in [-0.2, 0) is 4.79 Å². The van der Waals surface area contributed by atoms with E-state index in [4.69, 9.17) is 9.47 Å². The van der Waals surface area contributed by atoms with Crippen molar-refractivity contribution in [2.75, 3.05) is 34.0 Å². The van der Waals surface area contributed by atoms with Crippen molar-refractivity contribution in [1.29, 1.82) is 0 Å². The molecule has 1 N–H and O–H groups in total. The normalized spacial score (nSPS) is 18.3. The summed E-state index contributed by atoms with van der Waals surface area (Å²) in [5.74, 6) is 1.91. The average Bonchev–Trinajstić information content (AvgIpc) is 3.35. The van der Waals surface area contributed by atoms with Gasteiger partial charge in [0.25, 0.3) is 0 Å². The summed E-state index contributed by atoms with van der Waals surface area (Å²) in [5, 5.41) is 2.95. The fourth-order valence-corrected chi connectivity index (χ4v) is 2.99. The summed E-state index contributed by atoms with van der Waals surface area (Å²) in [6.45, 7) is 3.20. The van der Waals surface area contributed by atoms with Gasteiger partial charge in [-0.05, 0) is 43.4 Å². The third-order valence-corrected chi connectivity index (χ3v) is 4.73. The second-order valence-corrected chi connectivity index (χ2v) is 6.68. The van der Waals surface area contributed by atoms with Gasteiger partial charge in [0.2, 0.25) is 5.91 Å². The summed E-state index contributed by atoms with van der Waals surface area (Å²) in [4.78, 5) is 27.8. The fraction of sp³-hybridized carbons (Fsp3) is 0.556. The average molecular weight is 347 g/mol. The molecule has 0 spiro atoms. The lowest BCUT2D eigenvalue weighted by atomic mass is 10.1. The summed E-state index contributed by atoms with van der Waals surface area (Å²) in [7, 11) is 3.16. The van der Waals surface area contributed by atoms with Gasteiger partial charge < -0.3 is 19.7 Å². The maximum atomic E-state index is 12.5. The summed E-state index contributed by atoms with van der Waals surface area (Å²) in [5.41, 5.74) is 0.909. The van der Waals surface area contributed by atoms with Crippen molar-refractivity contribution in [2.24, 2.45) is 5.92 Å². The van der Waals surface area contributed by atoms with E-state index in [-0.39, 0.29) is 24.5 Å². The molecule has 1 heterocycles. The smallest absolute Gasteiger partial charge is 0.319 e. The van der Waals surface area contributed by atoms with Crippen LogP contribution in [0.2, 0.25) is 0 Å². The van der Waals surface area contributed by atoms with Gasteiger partial charge in [-0.15, -0.1) is 0 Å². The molecule has 7 heteroatoms. The van der Waals surface area contributed by atoms with E-state index in [1.165, 1.54) is 12.8 Å². The SMILES string of the molecule is COc1ccc([C@@H](C)NC(=O)N2CC(=O)N(CC3CC3)C2)cc1OC. The fourth-order valence-electron chi connectivity index (χ4n) is 2.99. The number of ether oxygens (including phenoxy) is 2. The molecular weight excluding hydrogens is 322 g/mol. The topological polar surface area (TPSA) is 71.1 Å². The molecule has 136 valence electrons. The van der Waals surface area contributed by atoms with Crippen molar-refractivity contribution in [2.45, 2.75) is 25.8 Å². The highest BCUT2D eigenvalue weighted by Gasteiger charge is 2.35. The van der Waals surface area contributed by atoms with Gasteiger partial charge in [-0.2, -0.15) is 0 Å². The molecule has 7 nitrogen and oxygen atoms in total. The Bertz CT molecular complexity index is 660. The number of nitrogens with one attached hydrogen (secondary N) is 1. The molecular formula is C18H25N3O4. The molecule has 0 unspecified atom stereocenters. The molecule has 0 radical (unpaired) electrons. The summed E-state index contributed by atoms with van der Waals surface area (Å²) >= 11 is 0. The number of benzene rings is 1. The van der Waals surface area contributed by atoms with Crippen LogP contribution in [0.15, 0.2) is 18.2 Å². The Kier molecular flexibility index (Phi) is 5.01. The molecule has 1 saturated heterocycles. The first kappa shape index (κ1) is 17.4. The Morgan fingerprint density at radius 1 is 1.28 bits per heavy atom. The molecule has 1 saturated carbocycles. The standard InChI is InChI=1S/C18H25N3O4/c1-12(14-6-7-15(24-2)16(8-14)25-3)19-18(23)21-10-17(22)20(11-21)9-13-4-5-13/h6-8,12-13H,4-5,9-11H2,1-3H3,(H,19,23)/t12-/m1/s1. The lowest BCUT2D eigenvalue weighted by Gasteiger charge is -2.22. The van der Waals surface area contributed by atoms with Crippen LogP contribution in [0.25, 0.3) is 0 Å². The third kappa shape index (κ3) is 3.97. The molecule has 1 aromatic rings. The van der Waals surface area contributed by atoms with Crippen molar-refractivity contribution in [3.8, 4) is 11.5 Å². The van der Waals surface area contributed by atoms with Gasteiger partial charge in [0.15, 0.2) is 11.5 Å². The number of amides is 3. The van der Waals surface area contributed by atoms with Crippen LogP contribution in [0.5, 0.6) is 11.5 Å². The van der Waals surface area contributed by atoms with Crippen LogP contribution < -0.4 is 14.8 Å². The van der Waals surface area contributed by atoms with E-state index in [1.54, 1.807) is 24.0 Å². The zero-order valence-electron chi connectivity index (χ0n) is 14.9. The highest BCUT2D eigenvalue weighted by Crippen LogP contribution is 2.31. The molecule has 1 aliphatic heterocycles. The highest BCUT2D eigenvalue weighted by atomic mass is 16.5. The summed E-state index contributed by atoms with van der Waals surface area (Å²) < 4.78 is 10.5. The van der Waals surface area contributed by atoms with Crippen molar-refractivity contribution in [3.63, 3.8) is 0 Å². The molecule has 1 aromatic carbocycles. The van der Waals surface area contributed by atoms with Gasteiger partial charge >= 0.3 is 6.03 Å². The highest BCUT2D eigenvalue weighted by molar-refractivity contribution is 5.87. The van der Waals surface area contributed by atoms with Gasteiger partial charge in [0.05, 0.1) is 26.9 Å². The number of rotatable bonds is 6. The molecule has 1 aliphatic carbocycles. The predicted molar refractivity (Wildman–Crippen MR) is 92.5 cm³/mol. The number of carbonyl (C=O) groups excluding carboxylic acids is 2. The second kappa shape index (κ2) is 7.21. The van der Waals surface area contributed by atoms with E-state index in [0.29, 0.717) is 24.1 Å². The maximum absolute atomic E-state index is 12.5. The number of urea groups is 1. The Morgan fingerprint density at radius 2 is 2.00 bits per heavy atom. The first-order valence-corrected chi connectivity index (χ1v) is 8.57. The molecule has 1 atom stereocenters. The molecule has 0 aromatic heterocycles. The Hall–Kier alpha value is -2.44. The van der Waals surface area contributed by atoms with Crippen LogP contribution in [0.3, 0.4) is 0 Å². The largest absolute Gasteiger partial charge is 0.493 e. The van der Waals surface area contributed by atoms with E-state index >= 15 is 0 Å². The third-order valence-electron chi connectivity index (χ3n) is 4.73. The number of nitrogens with zero attached hydrogens (tertiary/aromatic N) is 2. The first-order chi connectivity index (χ1) is 12.0. The van der Waals surface area contributed by atoms with E-state index in [1.807, 2.05) is 25.1 Å². The van der Waals surface area contributed by atoms with Gasteiger partial charge in [0.1, 0.15) is 6.54 Å². The maximum Gasteiger partial charge on any atom is 0.319 e. The Morgan fingerprint density at radius 3 is 2.64 bits per heavy atom. The monoisotopic (exact) mass is 347 g/mol. The van der Waals surface area contributed by atoms with Crippen LogP contribution in [0.1, 0.15) is 31.4 Å². The first-order valence-electron chi connectivity index (χ1n) is 8.57. The minimum absolute atomic E-state index is 0.0285. The van der Waals surface area contributed by atoms with Crippen molar-refractivity contribution < 1.29 is 19.1 Å². The zero-order chi connectivity index (χ0) is 18.0. The van der Waals surface area contributed by atoms with Crippen LogP contribution in [0, 0.1) is 5.92 Å². The number of carbonyl (C=O) groups is 2. The van der Waals surface area contributed by atoms with Crippen molar-refractivity contribution in [1.82, 2.24) is 15.1 Å². The molecule has 25 heavy (non-hydrogen) atoms. The number of hydrogen-bond donors (Lipinski definition) is 1. The minimum atomic E-state index is -0.228. The Balaban J connectivity index is 1.59. The van der Waals surface area contributed by atoms with Crippen LogP contribution >= 0.6 is 0 Å². The summed E-state index contributed by atoms with van der Waals surface area (Å²) in [6, 6.07) is 5.11. The minimum Gasteiger partial charge on any atom is -0.493 e. The van der Waals surface area contributed by atoms with E-state index in [2.05, 4.69) is 5.32 Å². The molecule has 2 fully saturated rings. The zero-order valence-corrected chi connectivity index (χ0v) is 14.9. The lowest BCUT2D eigenvalue weighted by molar-refractivity contribution is -0.126. The van der Waals surface area contributed by atoms with Crippen LogP contribution in [-0.4, -0.2) is 55.7 Å². The van der Waals surface area contributed by atoms with Crippen molar-refractivity contribution >= 4 is 11.9 Å². The van der Waals surface area contributed by atoms with Crippen molar-refractivity contribution in [3.05, 3.63) is 23.8 Å². The van der Waals surface area contributed by atoms with Crippen LogP contribution in [0.4, 0.5) is 4.79 Å². The van der Waals surface area contributed by atoms with Gasteiger partial charge in [0, 0.05) is 6.54 Å². The molecule has 3 rings (SSSR count). The van der Waals surface area contributed by atoms with E-state index in [0.717, 1.165) is 12.1 Å². The van der Waals surface area contributed by atoms with Gasteiger partial charge in [-0.3, -0.25) is 9.69 Å².